The summed E-state index contributed by atoms with van der Waals surface area (Å²) >= 11 is 0. The topological polar surface area (TPSA) is 0 Å². The number of hydrogen-bond acceptors (Lipinski definition) is 0. The molecule has 0 aromatic rings. The average molecular weight is 151 g/mol. The molecule has 1 radical (unpaired) electrons. The van der Waals surface area contributed by atoms with Gasteiger partial charge in [-0.15, -0.1) is 6.58 Å². The second-order valence-corrected chi connectivity index (χ2v) is 2.92. The monoisotopic (exact) mass is 151 g/mol. The molecule has 1 atom stereocenters. The van der Waals surface area contributed by atoms with Crippen LogP contribution >= 0.6 is 0 Å². The largest absolute Gasteiger partial charge is 0.103 e. The van der Waals surface area contributed by atoms with Crippen molar-refractivity contribution in [1.82, 2.24) is 0 Å². The molecule has 0 saturated heterocycles. The van der Waals surface area contributed by atoms with E-state index >= 15 is 0 Å². The van der Waals surface area contributed by atoms with Gasteiger partial charge in [-0.2, -0.15) is 0 Å². The van der Waals surface area contributed by atoms with Crippen LogP contribution in [-0.4, -0.2) is 0 Å². The molecule has 0 spiro atoms. The van der Waals surface area contributed by atoms with E-state index in [9.17, 15) is 0 Å². The molecule has 0 heteroatoms. The van der Waals surface area contributed by atoms with E-state index in [1.165, 1.54) is 25.7 Å². The summed E-state index contributed by atoms with van der Waals surface area (Å²) in [6, 6.07) is 0. The van der Waals surface area contributed by atoms with E-state index in [4.69, 9.17) is 6.58 Å². The van der Waals surface area contributed by atoms with Crippen LogP contribution in [0.1, 0.15) is 39.0 Å². The van der Waals surface area contributed by atoms with Crippen LogP contribution in [-0.2, 0) is 0 Å². The van der Waals surface area contributed by atoms with E-state index in [1.54, 1.807) is 6.08 Å². The van der Waals surface area contributed by atoms with Crippen molar-refractivity contribution >= 4 is 0 Å². The summed E-state index contributed by atoms with van der Waals surface area (Å²) in [4.78, 5) is 0. The maximum absolute atomic E-state index is 5.27. The maximum atomic E-state index is 5.27. The lowest BCUT2D eigenvalue weighted by atomic mass is 9.99. The van der Waals surface area contributed by atoms with E-state index in [0.29, 0.717) is 5.92 Å². The van der Waals surface area contributed by atoms with Gasteiger partial charge >= 0.3 is 0 Å². The maximum Gasteiger partial charge on any atom is -0.0239 e. The molecule has 0 heterocycles. The summed E-state index contributed by atoms with van der Waals surface area (Å²) < 4.78 is 0. The molecule has 0 aliphatic rings. The van der Waals surface area contributed by atoms with Gasteiger partial charge in [-0.1, -0.05) is 32.1 Å². The Morgan fingerprint density at radius 3 is 2.64 bits per heavy atom. The van der Waals surface area contributed by atoms with Crippen LogP contribution in [0, 0.1) is 12.5 Å². The molecule has 0 saturated carbocycles. The summed E-state index contributed by atoms with van der Waals surface area (Å²) in [5.41, 5.74) is 0. The van der Waals surface area contributed by atoms with Gasteiger partial charge in [0.15, 0.2) is 0 Å². The molecule has 0 aromatic heterocycles. The van der Waals surface area contributed by atoms with Gasteiger partial charge in [-0.25, -0.2) is 0 Å². The van der Waals surface area contributed by atoms with E-state index in [2.05, 4.69) is 19.6 Å². The van der Waals surface area contributed by atoms with Crippen molar-refractivity contribution in [2.45, 2.75) is 39.0 Å². The molecule has 0 nitrogen and oxygen atoms in total. The zero-order valence-electron chi connectivity index (χ0n) is 7.55. The second kappa shape index (κ2) is 7.59. The zero-order valence-corrected chi connectivity index (χ0v) is 7.55. The van der Waals surface area contributed by atoms with Crippen molar-refractivity contribution in [2.75, 3.05) is 0 Å². The van der Waals surface area contributed by atoms with Gasteiger partial charge < -0.3 is 0 Å². The molecule has 0 amide bonds. The zero-order chi connectivity index (χ0) is 8.53. The van der Waals surface area contributed by atoms with Crippen molar-refractivity contribution < 1.29 is 0 Å². The van der Waals surface area contributed by atoms with Gasteiger partial charge in [0, 0.05) is 0 Å². The molecule has 63 valence electrons. The Hall–Kier alpha value is -0.520. The van der Waals surface area contributed by atoms with Gasteiger partial charge in [-0.3, -0.25) is 0 Å². The fourth-order valence-corrected chi connectivity index (χ4v) is 1.16. The van der Waals surface area contributed by atoms with Crippen LogP contribution in [0.25, 0.3) is 0 Å². The molecule has 0 rings (SSSR count). The van der Waals surface area contributed by atoms with E-state index in [0.717, 1.165) is 6.42 Å². The highest BCUT2D eigenvalue weighted by atomic mass is 14.0. The first-order valence-corrected chi connectivity index (χ1v) is 4.51. The lowest BCUT2D eigenvalue weighted by molar-refractivity contribution is 0.533. The summed E-state index contributed by atoms with van der Waals surface area (Å²) in [5.74, 6) is 0.716. The van der Waals surface area contributed by atoms with Crippen LogP contribution in [0.4, 0.5) is 0 Å². The first-order valence-electron chi connectivity index (χ1n) is 4.51. The summed E-state index contributed by atoms with van der Waals surface area (Å²) in [5, 5.41) is 0. The first-order chi connectivity index (χ1) is 5.35. The Morgan fingerprint density at radius 2 is 2.18 bits per heavy atom. The molecule has 0 aromatic carbocycles. The molecule has 11 heavy (non-hydrogen) atoms. The first kappa shape index (κ1) is 10.5. The van der Waals surface area contributed by atoms with E-state index < -0.39 is 0 Å². The van der Waals surface area contributed by atoms with Crippen LogP contribution in [0.3, 0.4) is 0 Å². The Balaban J connectivity index is 3.20. The Labute approximate surface area is 71.0 Å². The molecule has 0 aliphatic heterocycles. The molecule has 0 bridgehead atoms. The second-order valence-electron chi connectivity index (χ2n) is 2.92. The Kier molecular flexibility index (Phi) is 7.23. The van der Waals surface area contributed by atoms with Gasteiger partial charge in [0.2, 0.25) is 0 Å². The van der Waals surface area contributed by atoms with Crippen LogP contribution in [0.5, 0.6) is 0 Å². The van der Waals surface area contributed by atoms with Gasteiger partial charge in [0.1, 0.15) is 0 Å². The molecule has 0 aliphatic carbocycles. The Morgan fingerprint density at radius 1 is 1.45 bits per heavy atom. The summed E-state index contributed by atoms with van der Waals surface area (Å²) in [6.45, 7) is 11.3. The third-order valence-corrected chi connectivity index (χ3v) is 2.05. The quantitative estimate of drug-likeness (QED) is 0.384. The molecule has 0 N–H and O–H groups in total. The molecule has 1 unspecified atom stereocenters. The smallest absolute Gasteiger partial charge is 0.0239 e. The molecular weight excluding hydrogens is 132 g/mol. The predicted octanol–water partition coefficient (Wildman–Crippen LogP) is 3.75. The third-order valence-electron chi connectivity index (χ3n) is 2.05. The fourth-order valence-electron chi connectivity index (χ4n) is 1.16. The average Bonchev–Trinajstić information content (AvgIpc) is 2.05. The third kappa shape index (κ3) is 5.90. The van der Waals surface area contributed by atoms with Crippen LogP contribution < -0.4 is 0 Å². The standard InChI is InChI=1S/C11H19/c1-4-7-8-9-10-11(5-2)6-3/h1,4-5,11H,2,6-10H2,3H3. The number of allylic oxidation sites excluding steroid dienone is 2. The fraction of sp³-hybridized carbons (Fsp3) is 0.636. The summed E-state index contributed by atoms with van der Waals surface area (Å²) in [7, 11) is 0. The van der Waals surface area contributed by atoms with Crippen LogP contribution in [0.15, 0.2) is 18.7 Å². The molecule has 0 fully saturated rings. The minimum Gasteiger partial charge on any atom is -0.103 e. The summed E-state index contributed by atoms with van der Waals surface area (Å²) in [6.07, 6.45) is 9.84. The number of unbranched alkanes of at least 4 members (excludes halogenated alkanes) is 2. The lowest BCUT2D eigenvalue weighted by Crippen LogP contribution is -1.92. The normalized spacial score (nSPS) is 12.5. The lowest BCUT2D eigenvalue weighted by Gasteiger charge is -2.07. The van der Waals surface area contributed by atoms with Gasteiger partial charge in [0.05, 0.1) is 0 Å². The Bertz CT molecular complexity index is 103. The highest BCUT2D eigenvalue weighted by Crippen LogP contribution is 2.13. The van der Waals surface area contributed by atoms with Crippen molar-refractivity contribution in [1.29, 1.82) is 0 Å². The van der Waals surface area contributed by atoms with E-state index in [1.807, 2.05) is 0 Å². The highest BCUT2D eigenvalue weighted by Gasteiger charge is 1.98. The van der Waals surface area contributed by atoms with Crippen LogP contribution in [0.2, 0.25) is 0 Å². The van der Waals surface area contributed by atoms with Crippen molar-refractivity contribution in [3.05, 3.63) is 25.3 Å². The number of rotatable bonds is 7. The SMILES string of the molecule is [CH]=CCCCCC(C=C)CC. The number of hydrogen-bond donors (Lipinski definition) is 0. The van der Waals surface area contributed by atoms with Gasteiger partial charge in [-0.05, 0) is 31.6 Å². The minimum absolute atomic E-state index is 0.716. The molecular formula is C11H19. The van der Waals surface area contributed by atoms with E-state index in [-0.39, 0.29) is 0 Å². The van der Waals surface area contributed by atoms with Crippen molar-refractivity contribution in [3.63, 3.8) is 0 Å². The van der Waals surface area contributed by atoms with Crippen molar-refractivity contribution in [3.8, 4) is 0 Å². The predicted molar refractivity (Wildman–Crippen MR) is 51.3 cm³/mol. The van der Waals surface area contributed by atoms with Crippen molar-refractivity contribution in [2.24, 2.45) is 5.92 Å². The highest BCUT2D eigenvalue weighted by molar-refractivity contribution is 4.77. The van der Waals surface area contributed by atoms with Gasteiger partial charge in [0.25, 0.3) is 0 Å². The minimum atomic E-state index is 0.716.